The molecule has 1 aromatic carbocycles. The molecule has 21 heavy (non-hydrogen) atoms. The molecule has 7 heteroatoms. The van der Waals surface area contributed by atoms with Crippen molar-refractivity contribution >= 4 is 21.5 Å². The van der Waals surface area contributed by atoms with Gasteiger partial charge >= 0.3 is 0 Å². The molecule has 5 nitrogen and oxygen atoms in total. The molecule has 0 aliphatic rings. The van der Waals surface area contributed by atoms with Crippen LogP contribution in [0.15, 0.2) is 42.6 Å². The molecule has 0 saturated heterocycles. The second-order valence-corrected chi connectivity index (χ2v) is 6.43. The number of hydrogen-bond acceptors (Lipinski definition) is 4. The number of sulfonamides is 1. The summed E-state index contributed by atoms with van der Waals surface area (Å²) in [5.41, 5.74) is 1.69. The van der Waals surface area contributed by atoms with Crippen LogP contribution in [0.4, 0.5) is 15.9 Å². The predicted molar refractivity (Wildman–Crippen MR) is 81.0 cm³/mol. The minimum atomic E-state index is -3.31. The van der Waals surface area contributed by atoms with Crippen LogP contribution in [0.2, 0.25) is 0 Å². The Morgan fingerprint density at radius 3 is 2.43 bits per heavy atom. The summed E-state index contributed by atoms with van der Waals surface area (Å²) in [5.74, 6) is 0.0105. The highest BCUT2D eigenvalue weighted by atomic mass is 32.2. The number of nitrogens with one attached hydrogen (secondary N) is 2. The zero-order chi connectivity index (χ0) is 15.3. The van der Waals surface area contributed by atoms with Gasteiger partial charge in [-0.15, -0.1) is 0 Å². The van der Waals surface area contributed by atoms with Gasteiger partial charge in [0.2, 0.25) is 10.0 Å². The van der Waals surface area contributed by atoms with Crippen molar-refractivity contribution in [2.24, 2.45) is 0 Å². The lowest BCUT2D eigenvalue weighted by Crippen LogP contribution is -2.15. The van der Waals surface area contributed by atoms with Crippen LogP contribution in [0.5, 0.6) is 0 Å². The number of anilines is 2. The van der Waals surface area contributed by atoms with Gasteiger partial charge in [0.05, 0.1) is 17.6 Å². The van der Waals surface area contributed by atoms with Crippen molar-refractivity contribution in [3.05, 3.63) is 54.0 Å². The van der Waals surface area contributed by atoms with Gasteiger partial charge in [0, 0.05) is 6.54 Å². The van der Waals surface area contributed by atoms with Crippen LogP contribution >= 0.6 is 0 Å². The highest BCUT2D eigenvalue weighted by Crippen LogP contribution is 2.12. The maximum Gasteiger partial charge on any atom is 0.233 e. The summed E-state index contributed by atoms with van der Waals surface area (Å²) in [6.45, 7) is 2.09. The van der Waals surface area contributed by atoms with Crippen molar-refractivity contribution in [3.8, 4) is 0 Å². The van der Waals surface area contributed by atoms with E-state index in [1.54, 1.807) is 31.2 Å². The number of benzene rings is 1. The van der Waals surface area contributed by atoms with Crippen LogP contribution in [-0.2, 0) is 16.6 Å². The minimum Gasteiger partial charge on any atom is -0.380 e. The molecule has 0 atom stereocenters. The molecule has 2 N–H and O–H groups in total. The largest absolute Gasteiger partial charge is 0.380 e. The molecule has 2 rings (SSSR count). The van der Waals surface area contributed by atoms with Gasteiger partial charge in [-0.05, 0) is 36.8 Å². The molecule has 0 unspecified atom stereocenters. The molecule has 0 fully saturated rings. The lowest BCUT2D eigenvalue weighted by molar-refractivity contribution is 0.602. The third-order valence-electron chi connectivity index (χ3n) is 2.81. The highest BCUT2D eigenvalue weighted by molar-refractivity contribution is 7.92. The number of hydrogen-bond donors (Lipinski definition) is 2. The van der Waals surface area contributed by atoms with Crippen LogP contribution in [-0.4, -0.2) is 19.2 Å². The van der Waals surface area contributed by atoms with Crippen molar-refractivity contribution in [1.82, 2.24) is 4.98 Å². The minimum absolute atomic E-state index is 0.000746. The Balaban J connectivity index is 1.95. The summed E-state index contributed by atoms with van der Waals surface area (Å²) in [6.07, 6.45) is 1.54. The lowest BCUT2D eigenvalue weighted by Gasteiger charge is -2.08. The van der Waals surface area contributed by atoms with E-state index < -0.39 is 10.0 Å². The van der Waals surface area contributed by atoms with E-state index >= 15 is 0 Å². The SMILES string of the molecule is CCS(=O)(=O)Nc1ccc(NCc2ccc(F)cc2)cn1. The maximum atomic E-state index is 12.8. The van der Waals surface area contributed by atoms with Crippen LogP contribution < -0.4 is 10.0 Å². The zero-order valence-corrected chi connectivity index (χ0v) is 12.3. The van der Waals surface area contributed by atoms with Gasteiger partial charge in [0.1, 0.15) is 11.6 Å². The second-order valence-electron chi connectivity index (χ2n) is 4.42. The molecular formula is C14H16FN3O2S. The fourth-order valence-corrected chi connectivity index (χ4v) is 2.18. The molecule has 0 saturated carbocycles. The van der Waals surface area contributed by atoms with Gasteiger partial charge in [-0.1, -0.05) is 12.1 Å². The van der Waals surface area contributed by atoms with Crippen LogP contribution in [0.25, 0.3) is 0 Å². The third kappa shape index (κ3) is 4.71. The first-order valence-electron chi connectivity index (χ1n) is 6.43. The summed E-state index contributed by atoms with van der Waals surface area (Å²) in [7, 11) is -3.31. The molecule has 0 radical (unpaired) electrons. The molecule has 0 aliphatic heterocycles. The van der Waals surface area contributed by atoms with E-state index in [0.717, 1.165) is 11.3 Å². The number of rotatable bonds is 6. The molecule has 1 heterocycles. The van der Waals surface area contributed by atoms with Gasteiger partial charge in [-0.25, -0.2) is 17.8 Å². The molecule has 0 aliphatic carbocycles. The third-order valence-corrected chi connectivity index (χ3v) is 4.09. The standard InChI is InChI=1S/C14H16FN3O2S/c1-2-21(19,20)18-14-8-7-13(10-17-14)16-9-11-3-5-12(15)6-4-11/h3-8,10,16H,2,9H2,1H3,(H,17,18). The number of halogens is 1. The van der Waals surface area contributed by atoms with Gasteiger partial charge in [0.25, 0.3) is 0 Å². The van der Waals surface area contributed by atoms with Gasteiger partial charge in [0.15, 0.2) is 0 Å². The van der Waals surface area contributed by atoms with E-state index in [4.69, 9.17) is 0 Å². The predicted octanol–water partition coefficient (Wildman–Crippen LogP) is 2.59. The second kappa shape index (κ2) is 6.53. The van der Waals surface area contributed by atoms with E-state index in [0.29, 0.717) is 6.54 Å². The van der Waals surface area contributed by atoms with E-state index in [9.17, 15) is 12.8 Å². The van der Waals surface area contributed by atoms with Gasteiger partial charge in [-0.3, -0.25) is 4.72 Å². The Kier molecular flexibility index (Phi) is 4.74. The summed E-state index contributed by atoms with van der Waals surface area (Å²) < 4.78 is 37.9. The average molecular weight is 309 g/mol. The molecular weight excluding hydrogens is 293 g/mol. The molecule has 0 amide bonds. The van der Waals surface area contributed by atoms with Gasteiger partial charge < -0.3 is 5.32 Å². The number of aromatic nitrogens is 1. The quantitative estimate of drug-likeness (QED) is 0.860. The van der Waals surface area contributed by atoms with Gasteiger partial charge in [-0.2, -0.15) is 0 Å². The first-order valence-corrected chi connectivity index (χ1v) is 8.08. The number of nitrogens with zero attached hydrogens (tertiary/aromatic N) is 1. The maximum absolute atomic E-state index is 12.8. The van der Waals surface area contributed by atoms with Crippen molar-refractivity contribution in [2.45, 2.75) is 13.5 Å². The Bertz CT molecular complexity index is 685. The number of pyridine rings is 1. The normalized spacial score (nSPS) is 11.1. The Labute approximate surface area is 123 Å². The van der Waals surface area contributed by atoms with Crippen molar-refractivity contribution in [3.63, 3.8) is 0 Å². The summed E-state index contributed by atoms with van der Waals surface area (Å²) in [6, 6.07) is 9.50. The molecule has 2 aromatic rings. The molecule has 0 spiro atoms. The first kappa shape index (κ1) is 15.2. The smallest absolute Gasteiger partial charge is 0.233 e. The zero-order valence-electron chi connectivity index (χ0n) is 11.5. The Hall–Kier alpha value is -2.15. The van der Waals surface area contributed by atoms with E-state index in [2.05, 4.69) is 15.0 Å². The highest BCUT2D eigenvalue weighted by Gasteiger charge is 2.07. The average Bonchev–Trinajstić information content (AvgIpc) is 2.48. The van der Waals surface area contributed by atoms with E-state index in [1.165, 1.54) is 18.3 Å². The Morgan fingerprint density at radius 2 is 1.86 bits per heavy atom. The van der Waals surface area contributed by atoms with Crippen molar-refractivity contribution in [1.29, 1.82) is 0 Å². The van der Waals surface area contributed by atoms with Crippen molar-refractivity contribution in [2.75, 3.05) is 15.8 Å². The topological polar surface area (TPSA) is 71.1 Å². The summed E-state index contributed by atoms with van der Waals surface area (Å²) in [5, 5.41) is 3.12. The van der Waals surface area contributed by atoms with E-state index in [1.807, 2.05) is 0 Å². The van der Waals surface area contributed by atoms with Crippen molar-refractivity contribution < 1.29 is 12.8 Å². The molecule has 0 bridgehead atoms. The van der Waals surface area contributed by atoms with Crippen LogP contribution in [0, 0.1) is 5.82 Å². The van der Waals surface area contributed by atoms with E-state index in [-0.39, 0.29) is 17.4 Å². The molecule has 1 aromatic heterocycles. The lowest BCUT2D eigenvalue weighted by atomic mass is 10.2. The molecule has 112 valence electrons. The Morgan fingerprint density at radius 1 is 1.14 bits per heavy atom. The van der Waals surface area contributed by atoms with Crippen LogP contribution in [0.1, 0.15) is 12.5 Å². The first-order chi connectivity index (χ1) is 9.98. The van der Waals surface area contributed by atoms with Crippen LogP contribution in [0.3, 0.4) is 0 Å². The monoisotopic (exact) mass is 309 g/mol. The fourth-order valence-electron chi connectivity index (χ4n) is 1.60. The summed E-state index contributed by atoms with van der Waals surface area (Å²) in [4.78, 5) is 4.03. The summed E-state index contributed by atoms with van der Waals surface area (Å²) >= 11 is 0. The fraction of sp³-hybridized carbons (Fsp3) is 0.214.